The molecular weight excluding hydrogens is 300 g/mol. The maximum Gasteiger partial charge on any atom is 0.317 e. The van der Waals surface area contributed by atoms with E-state index in [1.54, 1.807) is 0 Å². The number of carbonyl (C=O) groups is 1. The second-order valence-corrected chi connectivity index (χ2v) is 5.93. The van der Waals surface area contributed by atoms with E-state index in [0.29, 0.717) is 6.54 Å². The molecule has 0 aliphatic carbocycles. The smallest absolute Gasteiger partial charge is 0.317 e. The zero-order valence-corrected chi connectivity index (χ0v) is 14.5. The van der Waals surface area contributed by atoms with Crippen molar-refractivity contribution in [2.75, 3.05) is 13.3 Å². The molecule has 2 N–H and O–H groups in total. The van der Waals surface area contributed by atoms with Crippen LogP contribution in [0.25, 0.3) is 0 Å². The molecule has 24 heavy (non-hydrogen) atoms. The SMILES string of the molecule is Cc1ccc(OCNC(=O)NCCCCc2ccccc2)c(C)c1. The number of hydrogen-bond donors (Lipinski definition) is 2. The molecule has 128 valence electrons. The van der Waals surface area contributed by atoms with E-state index in [0.717, 1.165) is 30.6 Å². The van der Waals surface area contributed by atoms with Crippen molar-refractivity contribution >= 4 is 6.03 Å². The Kier molecular flexibility index (Phi) is 7.15. The molecule has 0 spiro atoms. The van der Waals surface area contributed by atoms with E-state index in [-0.39, 0.29) is 12.8 Å². The second-order valence-electron chi connectivity index (χ2n) is 5.93. The summed E-state index contributed by atoms with van der Waals surface area (Å²) in [5.74, 6) is 0.795. The lowest BCUT2D eigenvalue weighted by atomic mass is 10.1. The van der Waals surface area contributed by atoms with Crippen molar-refractivity contribution in [3.63, 3.8) is 0 Å². The maximum atomic E-state index is 11.7. The molecule has 0 saturated carbocycles. The van der Waals surface area contributed by atoms with E-state index in [4.69, 9.17) is 4.74 Å². The molecule has 0 bridgehead atoms. The normalized spacial score (nSPS) is 10.2. The van der Waals surface area contributed by atoms with E-state index in [9.17, 15) is 4.79 Å². The van der Waals surface area contributed by atoms with Crippen molar-refractivity contribution in [1.82, 2.24) is 10.6 Å². The quantitative estimate of drug-likeness (QED) is 0.570. The predicted octanol–water partition coefficient (Wildman–Crippen LogP) is 3.96. The molecule has 0 heterocycles. The van der Waals surface area contributed by atoms with Gasteiger partial charge in [0, 0.05) is 6.54 Å². The van der Waals surface area contributed by atoms with Gasteiger partial charge in [0.25, 0.3) is 0 Å². The largest absolute Gasteiger partial charge is 0.473 e. The van der Waals surface area contributed by atoms with E-state index in [1.165, 1.54) is 11.1 Å². The van der Waals surface area contributed by atoms with Gasteiger partial charge in [0.1, 0.15) is 5.75 Å². The van der Waals surface area contributed by atoms with Crippen LogP contribution in [0.15, 0.2) is 48.5 Å². The van der Waals surface area contributed by atoms with Crippen molar-refractivity contribution in [3.05, 3.63) is 65.2 Å². The van der Waals surface area contributed by atoms with Crippen LogP contribution >= 0.6 is 0 Å². The lowest BCUT2D eigenvalue weighted by Crippen LogP contribution is -2.38. The average molecular weight is 326 g/mol. The Hall–Kier alpha value is -2.49. The first-order chi connectivity index (χ1) is 11.6. The molecular formula is C20H26N2O2. The summed E-state index contributed by atoms with van der Waals surface area (Å²) >= 11 is 0. The molecule has 0 fully saturated rings. The molecule has 0 unspecified atom stereocenters. The summed E-state index contributed by atoms with van der Waals surface area (Å²) < 4.78 is 5.58. The Labute approximate surface area is 144 Å². The van der Waals surface area contributed by atoms with Crippen molar-refractivity contribution < 1.29 is 9.53 Å². The number of ether oxygens (including phenoxy) is 1. The lowest BCUT2D eigenvalue weighted by molar-refractivity contribution is 0.223. The van der Waals surface area contributed by atoms with Crippen LogP contribution in [0.5, 0.6) is 5.75 Å². The molecule has 2 amide bonds. The molecule has 2 aromatic rings. The van der Waals surface area contributed by atoms with Gasteiger partial charge in [0.05, 0.1) is 0 Å². The molecule has 4 heteroatoms. The highest BCUT2D eigenvalue weighted by atomic mass is 16.5. The summed E-state index contributed by atoms with van der Waals surface area (Å²) in [6.07, 6.45) is 3.06. The molecule has 0 aliphatic rings. The Morgan fingerprint density at radius 3 is 2.54 bits per heavy atom. The molecule has 0 radical (unpaired) electrons. The van der Waals surface area contributed by atoms with Gasteiger partial charge < -0.3 is 15.4 Å². The first kappa shape index (κ1) is 17.9. The minimum Gasteiger partial charge on any atom is -0.473 e. The highest BCUT2D eigenvalue weighted by Crippen LogP contribution is 2.18. The van der Waals surface area contributed by atoms with E-state index in [1.807, 2.05) is 32.0 Å². The zero-order chi connectivity index (χ0) is 17.2. The summed E-state index contributed by atoms with van der Waals surface area (Å²) in [7, 11) is 0. The number of benzene rings is 2. The van der Waals surface area contributed by atoms with Gasteiger partial charge in [-0.2, -0.15) is 0 Å². The fraction of sp³-hybridized carbons (Fsp3) is 0.350. The summed E-state index contributed by atoms with van der Waals surface area (Å²) in [6, 6.07) is 16.2. The van der Waals surface area contributed by atoms with Gasteiger partial charge in [-0.3, -0.25) is 0 Å². The minimum atomic E-state index is -0.195. The molecule has 2 aromatic carbocycles. The Morgan fingerprint density at radius 1 is 1.00 bits per heavy atom. The number of aryl methyl sites for hydroxylation is 3. The Bertz CT molecular complexity index is 641. The van der Waals surface area contributed by atoms with Crippen LogP contribution in [0.3, 0.4) is 0 Å². The third-order valence-corrected chi connectivity index (χ3v) is 3.81. The standard InChI is InChI=1S/C20H26N2O2/c1-16-11-12-19(17(2)14-16)24-15-22-20(23)21-13-7-6-10-18-8-4-3-5-9-18/h3-5,8-9,11-12,14H,6-7,10,13,15H2,1-2H3,(H2,21,22,23). The van der Waals surface area contributed by atoms with E-state index >= 15 is 0 Å². The van der Waals surface area contributed by atoms with Gasteiger partial charge in [0.15, 0.2) is 6.73 Å². The molecule has 0 atom stereocenters. The number of amides is 2. The summed E-state index contributed by atoms with van der Waals surface area (Å²) in [6.45, 7) is 4.87. The fourth-order valence-corrected chi connectivity index (χ4v) is 2.50. The molecule has 2 rings (SSSR count). The number of carbonyl (C=O) groups excluding carboxylic acids is 1. The van der Waals surface area contributed by atoms with Gasteiger partial charge in [0.2, 0.25) is 0 Å². The van der Waals surface area contributed by atoms with Gasteiger partial charge in [-0.25, -0.2) is 4.79 Å². The number of hydrogen-bond acceptors (Lipinski definition) is 2. The van der Waals surface area contributed by atoms with Gasteiger partial charge >= 0.3 is 6.03 Å². The second kappa shape index (κ2) is 9.60. The Balaban J connectivity index is 1.55. The van der Waals surface area contributed by atoms with Crippen LogP contribution in [-0.4, -0.2) is 19.3 Å². The number of unbranched alkanes of at least 4 members (excludes halogenated alkanes) is 1. The van der Waals surface area contributed by atoms with Crippen LogP contribution < -0.4 is 15.4 Å². The van der Waals surface area contributed by atoms with Crippen molar-refractivity contribution in [2.24, 2.45) is 0 Å². The summed E-state index contributed by atoms with van der Waals surface area (Å²) in [5.41, 5.74) is 3.60. The summed E-state index contributed by atoms with van der Waals surface area (Å²) in [5, 5.41) is 5.56. The minimum absolute atomic E-state index is 0.166. The Morgan fingerprint density at radius 2 is 1.79 bits per heavy atom. The van der Waals surface area contributed by atoms with Crippen molar-refractivity contribution in [1.29, 1.82) is 0 Å². The average Bonchev–Trinajstić information content (AvgIpc) is 2.57. The first-order valence-electron chi connectivity index (χ1n) is 8.41. The van der Waals surface area contributed by atoms with Gasteiger partial charge in [-0.15, -0.1) is 0 Å². The topological polar surface area (TPSA) is 50.4 Å². The highest BCUT2D eigenvalue weighted by Gasteiger charge is 2.02. The monoisotopic (exact) mass is 326 g/mol. The molecule has 0 saturated heterocycles. The molecule has 4 nitrogen and oxygen atoms in total. The summed E-state index contributed by atoms with van der Waals surface area (Å²) in [4.78, 5) is 11.7. The maximum absolute atomic E-state index is 11.7. The van der Waals surface area contributed by atoms with E-state index < -0.39 is 0 Å². The molecule has 0 aromatic heterocycles. The fourth-order valence-electron chi connectivity index (χ4n) is 2.50. The van der Waals surface area contributed by atoms with Crippen LogP contribution in [0.1, 0.15) is 29.5 Å². The van der Waals surface area contributed by atoms with Gasteiger partial charge in [-0.1, -0.05) is 48.0 Å². The van der Waals surface area contributed by atoms with E-state index in [2.05, 4.69) is 41.0 Å². The van der Waals surface area contributed by atoms with Crippen LogP contribution in [0.2, 0.25) is 0 Å². The number of urea groups is 1. The molecule has 0 aliphatic heterocycles. The van der Waals surface area contributed by atoms with Gasteiger partial charge in [-0.05, 0) is 50.3 Å². The van der Waals surface area contributed by atoms with Crippen molar-refractivity contribution in [2.45, 2.75) is 33.1 Å². The van der Waals surface area contributed by atoms with Crippen LogP contribution in [0.4, 0.5) is 4.79 Å². The third kappa shape index (κ3) is 6.32. The van der Waals surface area contributed by atoms with Crippen LogP contribution in [0, 0.1) is 13.8 Å². The highest BCUT2D eigenvalue weighted by molar-refractivity contribution is 5.73. The third-order valence-electron chi connectivity index (χ3n) is 3.81. The predicted molar refractivity (Wildman–Crippen MR) is 97.3 cm³/mol. The zero-order valence-electron chi connectivity index (χ0n) is 14.5. The lowest BCUT2D eigenvalue weighted by Gasteiger charge is -2.11. The van der Waals surface area contributed by atoms with Crippen LogP contribution in [-0.2, 0) is 6.42 Å². The number of nitrogens with one attached hydrogen (secondary N) is 2. The number of rotatable bonds is 8. The first-order valence-corrected chi connectivity index (χ1v) is 8.41. The van der Waals surface area contributed by atoms with Crippen molar-refractivity contribution in [3.8, 4) is 5.75 Å².